The van der Waals surface area contributed by atoms with E-state index in [-0.39, 0.29) is 18.0 Å². The van der Waals surface area contributed by atoms with Crippen molar-refractivity contribution < 1.29 is 9.13 Å². The fourth-order valence-electron chi connectivity index (χ4n) is 2.75. The molecule has 1 saturated carbocycles. The molecule has 3 heteroatoms. The van der Waals surface area contributed by atoms with Gasteiger partial charge in [-0.3, -0.25) is 0 Å². The Morgan fingerprint density at radius 1 is 1.35 bits per heavy atom. The van der Waals surface area contributed by atoms with Crippen molar-refractivity contribution in [3.05, 3.63) is 35.6 Å². The maximum Gasteiger partial charge on any atom is 0.123 e. The number of nitrogens with one attached hydrogen (secondary N) is 1. The van der Waals surface area contributed by atoms with Gasteiger partial charge in [0.2, 0.25) is 0 Å². The summed E-state index contributed by atoms with van der Waals surface area (Å²) in [5.74, 6) is 0.522. The number of rotatable bonds is 9. The summed E-state index contributed by atoms with van der Waals surface area (Å²) in [6.45, 7) is 5.94. The molecule has 0 amide bonds. The number of ether oxygens (including phenoxy) is 1. The average Bonchev–Trinajstić information content (AvgIpc) is 3.25. The molecule has 2 nitrogen and oxygen atoms in total. The molecule has 1 N–H and O–H groups in total. The zero-order valence-electron chi connectivity index (χ0n) is 12.6. The first-order valence-electron chi connectivity index (χ1n) is 7.84. The van der Waals surface area contributed by atoms with Crippen molar-refractivity contribution in [3.8, 4) is 0 Å². The lowest BCUT2D eigenvalue weighted by molar-refractivity contribution is 0.0192. The zero-order chi connectivity index (χ0) is 14.4. The summed E-state index contributed by atoms with van der Waals surface area (Å²) in [6, 6.07) is 7.20. The zero-order valence-corrected chi connectivity index (χ0v) is 12.6. The lowest BCUT2D eigenvalue weighted by Gasteiger charge is -2.28. The van der Waals surface area contributed by atoms with Crippen LogP contribution in [0.25, 0.3) is 0 Å². The monoisotopic (exact) mass is 279 g/mol. The van der Waals surface area contributed by atoms with Crippen LogP contribution in [0, 0.1) is 11.7 Å². The standard InChI is InChI=1S/C17H26FNO/c1-3-10-19-16(17(20-4-2)14-8-9-14)12-13-6-5-7-15(18)11-13/h5-7,11,14,16-17,19H,3-4,8-10,12H2,1-2H3. The van der Waals surface area contributed by atoms with Crippen LogP contribution in [0.5, 0.6) is 0 Å². The molecule has 2 rings (SSSR count). The third-order valence-electron chi connectivity index (χ3n) is 3.84. The summed E-state index contributed by atoms with van der Waals surface area (Å²) in [5.41, 5.74) is 1.05. The van der Waals surface area contributed by atoms with Gasteiger partial charge in [0, 0.05) is 12.6 Å². The molecule has 0 aromatic heterocycles. The van der Waals surface area contributed by atoms with Gasteiger partial charge in [0.25, 0.3) is 0 Å². The normalized spacial score (nSPS) is 17.9. The Morgan fingerprint density at radius 3 is 2.75 bits per heavy atom. The molecule has 0 aliphatic heterocycles. The van der Waals surface area contributed by atoms with Crippen LogP contribution >= 0.6 is 0 Å². The Morgan fingerprint density at radius 2 is 2.15 bits per heavy atom. The van der Waals surface area contributed by atoms with Crippen LogP contribution in [0.3, 0.4) is 0 Å². The third kappa shape index (κ3) is 4.57. The van der Waals surface area contributed by atoms with E-state index in [4.69, 9.17) is 4.74 Å². The molecule has 1 fully saturated rings. The molecule has 0 spiro atoms. The van der Waals surface area contributed by atoms with Gasteiger partial charge < -0.3 is 10.1 Å². The molecule has 1 aromatic rings. The highest BCUT2D eigenvalue weighted by Gasteiger charge is 2.36. The van der Waals surface area contributed by atoms with Crippen molar-refractivity contribution >= 4 is 0 Å². The van der Waals surface area contributed by atoms with Gasteiger partial charge in [-0.25, -0.2) is 4.39 Å². The molecule has 0 radical (unpaired) electrons. The van der Waals surface area contributed by atoms with Crippen molar-refractivity contribution in [3.63, 3.8) is 0 Å². The molecule has 20 heavy (non-hydrogen) atoms. The molecular formula is C17H26FNO. The second kappa shape index (κ2) is 7.75. The number of benzene rings is 1. The molecular weight excluding hydrogens is 253 g/mol. The minimum Gasteiger partial charge on any atom is -0.377 e. The van der Waals surface area contributed by atoms with Crippen LogP contribution in [0.15, 0.2) is 24.3 Å². The topological polar surface area (TPSA) is 21.3 Å². The van der Waals surface area contributed by atoms with E-state index in [9.17, 15) is 4.39 Å². The number of halogens is 1. The number of hydrogen-bond acceptors (Lipinski definition) is 2. The van der Waals surface area contributed by atoms with Gasteiger partial charge in [-0.1, -0.05) is 19.1 Å². The van der Waals surface area contributed by atoms with Crippen LogP contribution in [0.4, 0.5) is 4.39 Å². The molecule has 1 aliphatic carbocycles. The lowest BCUT2D eigenvalue weighted by atomic mass is 9.98. The second-order valence-electron chi connectivity index (χ2n) is 5.65. The van der Waals surface area contributed by atoms with Crippen molar-refractivity contribution in [2.45, 2.75) is 51.7 Å². The average molecular weight is 279 g/mol. The minimum atomic E-state index is -0.156. The largest absolute Gasteiger partial charge is 0.377 e. The second-order valence-corrected chi connectivity index (χ2v) is 5.65. The summed E-state index contributed by atoms with van der Waals surface area (Å²) in [4.78, 5) is 0. The van der Waals surface area contributed by atoms with Crippen molar-refractivity contribution in [1.82, 2.24) is 5.32 Å². The first-order valence-corrected chi connectivity index (χ1v) is 7.84. The molecule has 1 aromatic carbocycles. The molecule has 1 aliphatic rings. The van der Waals surface area contributed by atoms with E-state index in [1.807, 2.05) is 6.07 Å². The van der Waals surface area contributed by atoms with Gasteiger partial charge in [0.1, 0.15) is 5.82 Å². The van der Waals surface area contributed by atoms with Crippen molar-refractivity contribution in [1.29, 1.82) is 0 Å². The van der Waals surface area contributed by atoms with Gasteiger partial charge in [-0.2, -0.15) is 0 Å². The van der Waals surface area contributed by atoms with Gasteiger partial charge in [0.05, 0.1) is 6.10 Å². The SMILES string of the molecule is CCCNC(Cc1cccc(F)c1)C(OCC)C1CC1. The first kappa shape index (κ1) is 15.5. The Kier molecular flexibility index (Phi) is 5.99. The predicted molar refractivity (Wildman–Crippen MR) is 80.3 cm³/mol. The van der Waals surface area contributed by atoms with Crippen molar-refractivity contribution in [2.24, 2.45) is 5.92 Å². The summed E-state index contributed by atoms with van der Waals surface area (Å²) in [7, 11) is 0. The highest BCUT2D eigenvalue weighted by molar-refractivity contribution is 5.18. The Balaban J connectivity index is 2.05. The fraction of sp³-hybridized carbons (Fsp3) is 0.647. The van der Waals surface area contributed by atoms with E-state index in [0.717, 1.165) is 31.6 Å². The van der Waals surface area contributed by atoms with E-state index in [0.29, 0.717) is 5.92 Å². The molecule has 0 heterocycles. The first-order chi connectivity index (χ1) is 9.74. The van der Waals surface area contributed by atoms with Gasteiger partial charge >= 0.3 is 0 Å². The summed E-state index contributed by atoms with van der Waals surface area (Å²) in [5, 5.41) is 3.60. The third-order valence-corrected chi connectivity index (χ3v) is 3.84. The van der Waals surface area contributed by atoms with Crippen LogP contribution in [-0.4, -0.2) is 25.3 Å². The molecule has 2 atom stereocenters. The van der Waals surface area contributed by atoms with Gasteiger partial charge in [-0.15, -0.1) is 0 Å². The fourth-order valence-corrected chi connectivity index (χ4v) is 2.75. The highest BCUT2D eigenvalue weighted by atomic mass is 19.1. The summed E-state index contributed by atoms with van der Waals surface area (Å²) < 4.78 is 19.3. The van der Waals surface area contributed by atoms with E-state index in [2.05, 4.69) is 19.2 Å². The minimum absolute atomic E-state index is 0.156. The van der Waals surface area contributed by atoms with Crippen LogP contribution in [0.2, 0.25) is 0 Å². The smallest absolute Gasteiger partial charge is 0.123 e. The highest BCUT2D eigenvalue weighted by Crippen LogP contribution is 2.36. The number of hydrogen-bond donors (Lipinski definition) is 1. The molecule has 2 unspecified atom stereocenters. The van der Waals surface area contributed by atoms with E-state index < -0.39 is 0 Å². The quantitative estimate of drug-likeness (QED) is 0.746. The Labute approximate surface area is 121 Å². The molecule has 0 saturated heterocycles. The van der Waals surface area contributed by atoms with Crippen LogP contribution in [0.1, 0.15) is 38.7 Å². The summed E-state index contributed by atoms with van der Waals surface area (Å²) >= 11 is 0. The van der Waals surface area contributed by atoms with Crippen molar-refractivity contribution in [2.75, 3.05) is 13.2 Å². The van der Waals surface area contributed by atoms with E-state index in [1.165, 1.54) is 18.9 Å². The summed E-state index contributed by atoms with van der Waals surface area (Å²) in [6.07, 6.45) is 4.72. The maximum absolute atomic E-state index is 13.3. The Bertz CT molecular complexity index is 406. The van der Waals surface area contributed by atoms with E-state index >= 15 is 0 Å². The van der Waals surface area contributed by atoms with E-state index in [1.54, 1.807) is 12.1 Å². The molecule has 112 valence electrons. The van der Waals surface area contributed by atoms with Crippen LogP contribution < -0.4 is 5.32 Å². The predicted octanol–water partition coefficient (Wildman–Crippen LogP) is 3.55. The molecule has 0 bridgehead atoms. The van der Waals surface area contributed by atoms with Crippen LogP contribution in [-0.2, 0) is 11.2 Å². The van der Waals surface area contributed by atoms with Gasteiger partial charge in [0.15, 0.2) is 0 Å². The maximum atomic E-state index is 13.3. The van der Waals surface area contributed by atoms with Gasteiger partial charge in [-0.05, 0) is 62.8 Å². The Hall–Kier alpha value is -0.930. The lowest BCUT2D eigenvalue weighted by Crippen LogP contribution is -2.44.